The van der Waals surface area contributed by atoms with Gasteiger partial charge in [-0.1, -0.05) is 6.07 Å². The summed E-state index contributed by atoms with van der Waals surface area (Å²) in [5.74, 6) is 0.619. The molecule has 2 aliphatic rings. The predicted molar refractivity (Wildman–Crippen MR) is 82.1 cm³/mol. The Bertz CT molecular complexity index is 627. The van der Waals surface area contributed by atoms with E-state index in [1.54, 1.807) is 13.2 Å². The van der Waals surface area contributed by atoms with E-state index in [1.165, 1.54) is 12.8 Å². The van der Waals surface area contributed by atoms with E-state index in [4.69, 9.17) is 10.00 Å². The Labute approximate surface area is 131 Å². The van der Waals surface area contributed by atoms with Crippen LogP contribution in [-0.4, -0.2) is 48.6 Å². The summed E-state index contributed by atoms with van der Waals surface area (Å²) in [6, 6.07) is 10.9. The highest BCUT2D eigenvalue weighted by Crippen LogP contribution is 2.30. The number of rotatable bonds is 4. The van der Waals surface area contributed by atoms with E-state index in [2.05, 4.69) is 21.9 Å². The fourth-order valence-corrected chi connectivity index (χ4v) is 3.14. The normalized spacial score (nSPS) is 22.8. The maximum absolute atomic E-state index is 9.40. The molecule has 1 aliphatic heterocycles. The number of nitrogens with zero attached hydrogens (tertiary/aromatic N) is 4. The standard InChI is InChI=1S/C17H20N4O/c1-22-17-8-13(2-3-14(17)9-18)11-20-6-7-21(15-4-5-15)16(10-19)12-20/h2-3,8,15-16H,4-7,11-12H2,1H3. The van der Waals surface area contributed by atoms with Crippen LogP contribution in [0.25, 0.3) is 0 Å². The molecule has 1 heterocycles. The lowest BCUT2D eigenvalue weighted by molar-refractivity contribution is 0.0897. The van der Waals surface area contributed by atoms with Crippen LogP contribution in [0.1, 0.15) is 24.0 Å². The average Bonchev–Trinajstić information content (AvgIpc) is 3.39. The number of ether oxygens (including phenoxy) is 1. The Morgan fingerprint density at radius 1 is 1.27 bits per heavy atom. The fourth-order valence-electron chi connectivity index (χ4n) is 3.14. The second-order valence-corrected chi connectivity index (χ2v) is 6.00. The molecular formula is C17H20N4O. The monoisotopic (exact) mass is 296 g/mol. The van der Waals surface area contributed by atoms with Gasteiger partial charge in [-0.25, -0.2) is 0 Å². The zero-order valence-electron chi connectivity index (χ0n) is 12.8. The van der Waals surface area contributed by atoms with Gasteiger partial charge in [0.05, 0.1) is 18.7 Å². The Balaban J connectivity index is 1.66. The van der Waals surface area contributed by atoms with Crippen LogP contribution in [0.5, 0.6) is 5.75 Å². The van der Waals surface area contributed by atoms with Gasteiger partial charge in [-0.05, 0) is 30.5 Å². The molecule has 1 aromatic rings. The minimum atomic E-state index is 0.00141. The maximum atomic E-state index is 9.40. The first-order valence-electron chi connectivity index (χ1n) is 7.70. The van der Waals surface area contributed by atoms with Crippen molar-refractivity contribution in [1.29, 1.82) is 10.5 Å². The van der Waals surface area contributed by atoms with Gasteiger partial charge >= 0.3 is 0 Å². The summed E-state index contributed by atoms with van der Waals surface area (Å²) in [7, 11) is 1.58. The number of piperazine rings is 1. The van der Waals surface area contributed by atoms with Crippen LogP contribution in [0, 0.1) is 22.7 Å². The van der Waals surface area contributed by atoms with Crippen LogP contribution < -0.4 is 4.74 Å². The lowest BCUT2D eigenvalue weighted by Gasteiger charge is -2.38. The molecule has 0 amide bonds. The van der Waals surface area contributed by atoms with E-state index in [1.807, 2.05) is 12.1 Å². The van der Waals surface area contributed by atoms with Crippen molar-refractivity contribution in [3.63, 3.8) is 0 Å². The van der Waals surface area contributed by atoms with Crippen molar-refractivity contribution in [1.82, 2.24) is 9.80 Å². The van der Waals surface area contributed by atoms with Crippen LogP contribution in [0.4, 0.5) is 0 Å². The van der Waals surface area contributed by atoms with Crippen LogP contribution in [0.2, 0.25) is 0 Å². The zero-order valence-corrected chi connectivity index (χ0v) is 12.8. The van der Waals surface area contributed by atoms with E-state index < -0.39 is 0 Å². The molecule has 0 aromatic heterocycles. The van der Waals surface area contributed by atoms with Gasteiger partial charge in [0, 0.05) is 32.2 Å². The summed E-state index contributed by atoms with van der Waals surface area (Å²) in [5, 5.41) is 18.4. The highest BCUT2D eigenvalue weighted by Gasteiger charge is 2.37. The van der Waals surface area contributed by atoms with Crippen LogP contribution in [0.15, 0.2) is 18.2 Å². The lowest BCUT2D eigenvalue weighted by Crippen LogP contribution is -2.52. The number of nitriles is 2. The van der Waals surface area contributed by atoms with E-state index in [0.29, 0.717) is 17.4 Å². The quantitative estimate of drug-likeness (QED) is 0.847. The van der Waals surface area contributed by atoms with Gasteiger partial charge in [-0.15, -0.1) is 0 Å². The largest absolute Gasteiger partial charge is 0.495 e. The molecule has 1 saturated heterocycles. The number of methoxy groups -OCH3 is 1. The third-order valence-electron chi connectivity index (χ3n) is 4.46. The summed E-state index contributed by atoms with van der Waals surface area (Å²) < 4.78 is 5.26. The third-order valence-corrected chi connectivity index (χ3v) is 4.46. The van der Waals surface area contributed by atoms with E-state index in [9.17, 15) is 5.26 Å². The Morgan fingerprint density at radius 2 is 2.09 bits per heavy atom. The molecule has 2 fully saturated rings. The molecule has 1 aromatic carbocycles. The van der Waals surface area contributed by atoms with Crippen molar-refractivity contribution >= 4 is 0 Å². The minimum absolute atomic E-state index is 0.00141. The Morgan fingerprint density at radius 3 is 2.73 bits per heavy atom. The number of benzene rings is 1. The molecule has 5 heteroatoms. The third kappa shape index (κ3) is 3.06. The second-order valence-electron chi connectivity index (χ2n) is 6.00. The molecule has 0 bridgehead atoms. The van der Waals surface area contributed by atoms with Crippen molar-refractivity contribution in [3.05, 3.63) is 29.3 Å². The summed E-state index contributed by atoms with van der Waals surface area (Å²) in [5.41, 5.74) is 1.67. The van der Waals surface area contributed by atoms with Gasteiger partial charge in [0.15, 0.2) is 0 Å². The van der Waals surface area contributed by atoms with Gasteiger partial charge in [0.2, 0.25) is 0 Å². The van der Waals surface area contributed by atoms with E-state index >= 15 is 0 Å². The SMILES string of the molecule is COc1cc(CN2CCN(C3CC3)C(C#N)C2)ccc1C#N. The van der Waals surface area contributed by atoms with Crippen molar-refractivity contribution < 1.29 is 4.74 Å². The molecule has 1 saturated carbocycles. The van der Waals surface area contributed by atoms with Crippen LogP contribution in [0.3, 0.4) is 0 Å². The molecule has 114 valence electrons. The van der Waals surface area contributed by atoms with Gasteiger partial charge in [-0.3, -0.25) is 9.80 Å². The summed E-state index contributed by atoms with van der Waals surface area (Å²) in [6.07, 6.45) is 2.48. The van der Waals surface area contributed by atoms with Crippen LogP contribution in [-0.2, 0) is 6.54 Å². The van der Waals surface area contributed by atoms with Gasteiger partial charge in [-0.2, -0.15) is 10.5 Å². The molecule has 0 radical (unpaired) electrons. The molecule has 1 unspecified atom stereocenters. The molecule has 3 rings (SSSR count). The second kappa shape index (κ2) is 6.36. The number of hydrogen-bond donors (Lipinski definition) is 0. The highest BCUT2D eigenvalue weighted by atomic mass is 16.5. The molecule has 5 nitrogen and oxygen atoms in total. The van der Waals surface area contributed by atoms with Crippen molar-refractivity contribution in [3.8, 4) is 17.9 Å². The van der Waals surface area contributed by atoms with Crippen LogP contribution >= 0.6 is 0 Å². The van der Waals surface area contributed by atoms with E-state index in [0.717, 1.165) is 31.7 Å². The molecule has 1 atom stereocenters. The molecule has 1 aliphatic carbocycles. The molecular weight excluding hydrogens is 276 g/mol. The molecule has 0 N–H and O–H groups in total. The summed E-state index contributed by atoms with van der Waals surface area (Å²) >= 11 is 0. The zero-order chi connectivity index (χ0) is 15.5. The average molecular weight is 296 g/mol. The fraction of sp³-hybridized carbons (Fsp3) is 0.529. The first-order chi connectivity index (χ1) is 10.7. The van der Waals surface area contributed by atoms with Crippen molar-refractivity contribution in [2.24, 2.45) is 0 Å². The Hall–Kier alpha value is -2.08. The summed E-state index contributed by atoms with van der Waals surface area (Å²) in [4.78, 5) is 4.67. The first kappa shape index (κ1) is 14.8. The maximum Gasteiger partial charge on any atom is 0.136 e. The molecule has 22 heavy (non-hydrogen) atoms. The Kier molecular flexibility index (Phi) is 4.29. The lowest BCUT2D eigenvalue weighted by atomic mass is 10.1. The predicted octanol–water partition coefficient (Wildman–Crippen LogP) is 1.74. The van der Waals surface area contributed by atoms with E-state index in [-0.39, 0.29) is 6.04 Å². The summed E-state index contributed by atoms with van der Waals surface area (Å²) in [6.45, 7) is 3.53. The first-order valence-corrected chi connectivity index (χ1v) is 7.70. The topological polar surface area (TPSA) is 63.3 Å². The van der Waals surface area contributed by atoms with Gasteiger partial charge in [0.1, 0.15) is 17.9 Å². The highest BCUT2D eigenvalue weighted by molar-refractivity contribution is 5.45. The minimum Gasteiger partial charge on any atom is -0.495 e. The number of hydrogen-bond acceptors (Lipinski definition) is 5. The molecule has 0 spiro atoms. The van der Waals surface area contributed by atoms with Crippen molar-refractivity contribution in [2.45, 2.75) is 31.5 Å². The van der Waals surface area contributed by atoms with Crippen molar-refractivity contribution in [2.75, 3.05) is 26.7 Å². The van der Waals surface area contributed by atoms with Gasteiger partial charge < -0.3 is 4.74 Å². The smallest absolute Gasteiger partial charge is 0.136 e. The van der Waals surface area contributed by atoms with Gasteiger partial charge in [0.25, 0.3) is 0 Å².